The third-order valence-corrected chi connectivity index (χ3v) is 10.1. The van der Waals surface area contributed by atoms with Crippen LogP contribution in [0, 0.1) is 0 Å². The molecule has 5 aromatic rings. The highest BCUT2D eigenvalue weighted by Gasteiger charge is 2.31. The molecule has 1 fully saturated rings. The van der Waals surface area contributed by atoms with Crippen molar-refractivity contribution in [3.8, 4) is 22.3 Å². The Morgan fingerprint density at radius 2 is 1.60 bits per heavy atom. The fourth-order valence-electron chi connectivity index (χ4n) is 5.63. The van der Waals surface area contributed by atoms with E-state index in [0.29, 0.717) is 53.3 Å². The lowest BCUT2D eigenvalue weighted by Crippen LogP contribution is -2.38. The number of anilines is 1. The number of nitrogens with zero attached hydrogens (tertiary/aromatic N) is 4. The Kier molecular flexibility index (Phi) is 9.22. The first-order valence-electron chi connectivity index (χ1n) is 14.8. The number of amides is 2. The van der Waals surface area contributed by atoms with Crippen LogP contribution < -0.4 is 5.32 Å². The van der Waals surface area contributed by atoms with Crippen molar-refractivity contribution in [2.24, 2.45) is 7.05 Å². The molecular formula is C34H30F3N5O3S2. The highest BCUT2D eigenvalue weighted by atomic mass is 32.2. The van der Waals surface area contributed by atoms with Crippen LogP contribution in [0.3, 0.4) is 0 Å². The summed E-state index contributed by atoms with van der Waals surface area (Å²) in [5.41, 5.74) is 2.64. The second kappa shape index (κ2) is 13.3. The number of thiazole rings is 1. The zero-order valence-electron chi connectivity index (χ0n) is 25.5. The highest BCUT2D eigenvalue weighted by Crippen LogP contribution is 2.35. The van der Waals surface area contributed by atoms with E-state index in [4.69, 9.17) is 0 Å². The summed E-state index contributed by atoms with van der Waals surface area (Å²) in [6.45, 7) is 0.960. The lowest BCUT2D eigenvalue weighted by atomic mass is 9.94. The molecule has 0 saturated carbocycles. The Balaban J connectivity index is 1.10. The molecule has 242 valence electrons. The molecule has 6 rings (SSSR count). The van der Waals surface area contributed by atoms with Crippen LogP contribution in [-0.2, 0) is 24.4 Å². The predicted octanol–water partition coefficient (Wildman–Crippen LogP) is 7.24. The molecule has 2 aromatic heterocycles. The first-order valence-corrected chi connectivity index (χ1v) is 17.2. The number of alkyl halides is 3. The number of piperidine rings is 1. The number of halogens is 3. The zero-order chi connectivity index (χ0) is 33.3. The van der Waals surface area contributed by atoms with Gasteiger partial charge in [-0.3, -0.25) is 14.3 Å². The van der Waals surface area contributed by atoms with Crippen LogP contribution in [0.15, 0.2) is 89.3 Å². The second-order valence-corrected chi connectivity index (χ2v) is 13.5. The largest absolute Gasteiger partial charge is 0.612 e. The third-order valence-electron chi connectivity index (χ3n) is 8.12. The van der Waals surface area contributed by atoms with Crippen LogP contribution in [0.25, 0.3) is 22.3 Å². The van der Waals surface area contributed by atoms with Gasteiger partial charge >= 0.3 is 6.18 Å². The molecular weight excluding hydrogens is 648 g/mol. The maximum absolute atomic E-state index is 13.6. The highest BCUT2D eigenvalue weighted by molar-refractivity contribution is 7.90. The molecule has 0 aliphatic carbocycles. The van der Waals surface area contributed by atoms with Gasteiger partial charge in [-0.2, -0.15) is 18.3 Å². The summed E-state index contributed by atoms with van der Waals surface area (Å²) in [5, 5.41) is 9.82. The van der Waals surface area contributed by atoms with E-state index in [0.717, 1.165) is 28.3 Å². The maximum atomic E-state index is 13.6. The number of aryl methyl sites for hydroxylation is 1. The Hall–Kier alpha value is -4.46. The third kappa shape index (κ3) is 7.11. The molecule has 0 radical (unpaired) electrons. The Bertz CT molecular complexity index is 1900. The standard InChI is InChI=1S/C34H30F3N5O3S2/c1-41-19-28(22-9-13-25(14-10-22)47(2)45)30(40-41)39-31(43)29-20-46-32(38-29)23-15-17-42(18-16-23)33(44)27-6-4-3-5-26(27)21-7-11-24(12-8-21)34(35,36)37/h3-14,19-20,23H,15-18H2,1-2H3,(H,39,40,43). The normalized spacial score (nSPS) is 14.6. The number of rotatable bonds is 7. The number of hydrogen-bond donors (Lipinski definition) is 1. The fourth-order valence-corrected chi connectivity index (χ4v) is 7.12. The number of hydrogen-bond acceptors (Lipinski definition) is 6. The van der Waals surface area contributed by atoms with E-state index < -0.39 is 22.9 Å². The second-order valence-electron chi connectivity index (χ2n) is 11.3. The lowest BCUT2D eigenvalue weighted by Gasteiger charge is -2.31. The molecule has 3 aromatic carbocycles. The SMILES string of the molecule is Cn1cc(-c2ccc([S+](C)[O-])cc2)c(NC(=O)c2csc(C3CCN(C(=O)c4ccccc4-c4ccc(C(F)(F)F)cc4)CC3)n2)n1. The first kappa shape index (κ1) is 32.5. The molecule has 13 heteroatoms. The zero-order valence-corrected chi connectivity index (χ0v) is 27.1. The Morgan fingerprint density at radius 1 is 0.957 bits per heavy atom. The van der Waals surface area contributed by atoms with Gasteiger partial charge in [0.1, 0.15) is 11.9 Å². The van der Waals surface area contributed by atoms with Crippen molar-refractivity contribution < 1.29 is 27.3 Å². The van der Waals surface area contributed by atoms with Gasteiger partial charge in [-0.05, 0) is 83.2 Å². The van der Waals surface area contributed by atoms with E-state index in [1.54, 1.807) is 70.9 Å². The smallest absolute Gasteiger partial charge is 0.416 e. The monoisotopic (exact) mass is 677 g/mol. The molecule has 2 amide bonds. The van der Waals surface area contributed by atoms with Crippen LogP contribution >= 0.6 is 11.3 Å². The van der Waals surface area contributed by atoms with Crippen LogP contribution in [0.5, 0.6) is 0 Å². The molecule has 1 saturated heterocycles. The van der Waals surface area contributed by atoms with E-state index >= 15 is 0 Å². The molecule has 1 unspecified atom stereocenters. The van der Waals surface area contributed by atoms with Crippen LogP contribution in [0.2, 0.25) is 0 Å². The van der Waals surface area contributed by atoms with Gasteiger partial charge in [0, 0.05) is 48.8 Å². The van der Waals surface area contributed by atoms with Crippen molar-refractivity contribution in [1.82, 2.24) is 19.7 Å². The van der Waals surface area contributed by atoms with Gasteiger partial charge < -0.3 is 14.8 Å². The van der Waals surface area contributed by atoms with Crippen LogP contribution in [-0.4, -0.2) is 55.4 Å². The van der Waals surface area contributed by atoms with Crippen molar-refractivity contribution in [3.63, 3.8) is 0 Å². The topological polar surface area (TPSA) is 103 Å². The molecule has 0 spiro atoms. The first-order chi connectivity index (χ1) is 22.5. The van der Waals surface area contributed by atoms with E-state index in [2.05, 4.69) is 15.4 Å². The van der Waals surface area contributed by atoms with E-state index in [1.165, 1.54) is 23.5 Å². The molecule has 1 aliphatic heterocycles. The van der Waals surface area contributed by atoms with Gasteiger partial charge in [0.05, 0.1) is 10.6 Å². The molecule has 0 bridgehead atoms. The predicted molar refractivity (Wildman–Crippen MR) is 176 cm³/mol. The maximum Gasteiger partial charge on any atom is 0.416 e. The quantitative estimate of drug-likeness (QED) is 0.183. The Morgan fingerprint density at radius 3 is 2.26 bits per heavy atom. The summed E-state index contributed by atoms with van der Waals surface area (Å²) in [4.78, 5) is 33.9. The summed E-state index contributed by atoms with van der Waals surface area (Å²) >= 11 is 0.305. The number of aromatic nitrogens is 3. The van der Waals surface area contributed by atoms with Crippen molar-refractivity contribution >= 4 is 40.1 Å². The summed E-state index contributed by atoms with van der Waals surface area (Å²) in [6.07, 6.45) is 0.300. The summed E-state index contributed by atoms with van der Waals surface area (Å²) in [5.74, 6) is -0.0993. The molecule has 1 atom stereocenters. The molecule has 1 aliphatic rings. The van der Waals surface area contributed by atoms with Gasteiger partial charge in [0.15, 0.2) is 10.7 Å². The van der Waals surface area contributed by atoms with Gasteiger partial charge in [0.2, 0.25) is 0 Å². The molecule has 1 N–H and O–H groups in total. The van der Waals surface area contributed by atoms with Gasteiger partial charge in [-0.1, -0.05) is 30.3 Å². The van der Waals surface area contributed by atoms with Crippen LogP contribution in [0.1, 0.15) is 50.2 Å². The number of carbonyl (C=O) groups is 2. The molecule has 3 heterocycles. The van der Waals surface area contributed by atoms with Crippen molar-refractivity contribution in [2.75, 3.05) is 24.7 Å². The van der Waals surface area contributed by atoms with Crippen molar-refractivity contribution in [1.29, 1.82) is 0 Å². The van der Waals surface area contributed by atoms with Crippen molar-refractivity contribution in [2.45, 2.75) is 29.8 Å². The average Bonchev–Trinajstić information content (AvgIpc) is 3.71. The Labute approximate surface area is 276 Å². The summed E-state index contributed by atoms with van der Waals surface area (Å²) < 4.78 is 52.6. The van der Waals surface area contributed by atoms with Gasteiger partial charge in [-0.15, -0.1) is 11.3 Å². The van der Waals surface area contributed by atoms with E-state index in [-0.39, 0.29) is 23.4 Å². The van der Waals surface area contributed by atoms with E-state index in [1.807, 2.05) is 12.1 Å². The minimum absolute atomic E-state index is 0.0730. The number of carbonyl (C=O) groups excluding carboxylic acids is 2. The molecule has 8 nitrogen and oxygen atoms in total. The van der Waals surface area contributed by atoms with Crippen molar-refractivity contribution in [3.05, 3.63) is 106 Å². The number of likely N-dealkylation sites (tertiary alicyclic amines) is 1. The summed E-state index contributed by atoms with van der Waals surface area (Å²) in [7, 11) is 1.76. The minimum atomic E-state index is -4.44. The minimum Gasteiger partial charge on any atom is -0.612 e. The van der Waals surface area contributed by atoms with Gasteiger partial charge in [0.25, 0.3) is 11.8 Å². The molecule has 47 heavy (non-hydrogen) atoms. The summed E-state index contributed by atoms with van der Waals surface area (Å²) in [6, 6.07) is 19.0. The van der Waals surface area contributed by atoms with Crippen LogP contribution in [0.4, 0.5) is 19.0 Å². The number of nitrogens with one attached hydrogen (secondary N) is 1. The van der Waals surface area contributed by atoms with Gasteiger partial charge in [-0.25, -0.2) is 4.98 Å². The average molecular weight is 678 g/mol. The number of benzene rings is 3. The lowest BCUT2D eigenvalue weighted by molar-refractivity contribution is -0.137. The van der Waals surface area contributed by atoms with E-state index in [9.17, 15) is 27.3 Å². The fraction of sp³-hybridized carbons (Fsp3) is 0.235.